The summed E-state index contributed by atoms with van der Waals surface area (Å²) < 4.78 is 68.0. The maximum absolute atomic E-state index is 12.7. The summed E-state index contributed by atoms with van der Waals surface area (Å²) in [5, 5.41) is 8.43. The lowest BCUT2D eigenvalue weighted by Crippen LogP contribution is -2.46. The van der Waals surface area contributed by atoms with Gasteiger partial charge in [0.2, 0.25) is 0 Å². The topological polar surface area (TPSA) is 195 Å². The fraction of sp³-hybridized carbons (Fsp3) is 0.750. The predicted molar refractivity (Wildman–Crippen MR) is 149 cm³/mol. The number of hydrogen-bond donors (Lipinski definition) is 1. The van der Waals surface area contributed by atoms with Crippen molar-refractivity contribution in [2.24, 2.45) is 0 Å². The molecule has 3 heterocycles. The van der Waals surface area contributed by atoms with Crippen molar-refractivity contribution in [3.63, 3.8) is 0 Å². The van der Waals surface area contributed by atoms with Crippen molar-refractivity contribution in [3.05, 3.63) is 44.5 Å². The summed E-state index contributed by atoms with van der Waals surface area (Å²) in [6.07, 6.45) is 3.01. The fourth-order valence-corrected chi connectivity index (χ4v) is 5.80. The van der Waals surface area contributed by atoms with Gasteiger partial charge in [-0.3, -0.25) is 23.2 Å². The first kappa shape index (κ1) is 34.8. The lowest BCUT2D eigenvalue weighted by atomic mass is 10.1. The molecule has 3 atom stereocenters. The van der Waals surface area contributed by atoms with E-state index in [-0.39, 0.29) is 12.2 Å². The number of rotatable bonds is 13. The average Bonchev–Trinajstić information content (AvgIpc) is 3.49. The molecule has 1 aliphatic rings. The molecule has 0 spiro atoms. The Morgan fingerprint density at radius 1 is 1.12 bits per heavy atom. The van der Waals surface area contributed by atoms with E-state index >= 15 is 0 Å². The monoisotopic (exact) mass is 622 g/mol. The first-order valence-corrected chi connectivity index (χ1v) is 17.0. The molecule has 0 aromatic carbocycles. The Morgan fingerprint density at radius 2 is 1.73 bits per heavy atom. The van der Waals surface area contributed by atoms with Crippen LogP contribution >= 0.6 is 0 Å². The van der Waals surface area contributed by atoms with Gasteiger partial charge in [-0.1, -0.05) is 12.1 Å². The van der Waals surface area contributed by atoms with E-state index < -0.39 is 49.9 Å². The summed E-state index contributed by atoms with van der Waals surface area (Å²) in [5.41, 5.74) is 0.195. The molecule has 0 radical (unpaired) electrons. The molecule has 0 amide bonds. The van der Waals surface area contributed by atoms with Crippen molar-refractivity contribution < 1.29 is 34.8 Å². The normalized spacial score (nSPS) is 19.6. The molecular formula is C24H42N6O9S2. The second-order valence-electron chi connectivity index (χ2n) is 10.1. The van der Waals surface area contributed by atoms with E-state index in [0.29, 0.717) is 31.2 Å². The molecule has 3 rings (SSSR count). The zero-order valence-electron chi connectivity index (χ0n) is 24.5. The molecule has 0 saturated carbocycles. The highest BCUT2D eigenvalue weighted by molar-refractivity contribution is 7.86. The van der Waals surface area contributed by atoms with Crippen molar-refractivity contribution in [3.8, 4) is 0 Å². The van der Waals surface area contributed by atoms with Gasteiger partial charge < -0.3 is 13.8 Å². The molecule has 1 aliphatic heterocycles. The van der Waals surface area contributed by atoms with Crippen LogP contribution in [0.4, 0.5) is 0 Å². The smallest absolute Gasteiger partial charge is 0.330 e. The quantitative estimate of drug-likeness (QED) is 0.185. The number of nitrogens with zero attached hydrogens (tertiary/aromatic N) is 5. The van der Waals surface area contributed by atoms with Gasteiger partial charge in [0.25, 0.3) is 15.7 Å². The number of aromatic nitrogens is 5. The molecule has 2 aromatic heterocycles. The Kier molecular flexibility index (Phi) is 12.4. The number of hydrogen-bond acceptors (Lipinski definition) is 11. The Bertz CT molecular complexity index is 1450. The van der Waals surface area contributed by atoms with Crippen molar-refractivity contribution >= 4 is 20.2 Å². The number of aromatic amines is 1. The van der Waals surface area contributed by atoms with Gasteiger partial charge in [0, 0.05) is 31.0 Å². The van der Waals surface area contributed by atoms with Gasteiger partial charge in [-0.15, -0.1) is 5.10 Å². The SMILES string of the molecule is CC[C@H]1O[C@@H](n2cc(C)c(=O)[nH]c2=O)C[C@H]1OS(=O)(=O)CCCn1cc(C[N+](CC)(CC)CC)nn1.CS(=O)(=O)[O-]. The molecule has 0 unspecified atom stereocenters. The van der Waals surface area contributed by atoms with Crippen LogP contribution in [-0.4, -0.2) is 94.3 Å². The van der Waals surface area contributed by atoms with Crippen molar-refractivity contribution in [2.75, 3.05) is 31.6 Å². The summed E-state index contributed by atoms with van der Waals surface area (Å²) in [6.45, 7) is 14.2. The standard InChI is InChI=1S/C23H38N6O6S.CH4O3S/c1-6-19-20(13-21(34-19)28-14-17(5)22(30)24-23(28)31)35-36(32,33)12-10-11-27-15-18(25-26-27)16-29(7-2,8-3)9-4;1-5(2,3)4/h14-15,19-21H,6-13,16H2,1-5H3;1H3,(H,2,3,4)/t19-,20-,21-;/m1./s1. The second kappa shape index (κ2) is 14.6. The molecule has 1 saturated heterocycles. The highest BCUT2D eigenvalue weighted by atomic mass is 32.2. The Balaban J connectivity index is 0.00000108. The lowest BCUT2D eigenvalue weighted by molar-refractivity contribution is -0.936. The van der Waals surface area contributed by atoms with Crippen LogP contribution in [0.1, 0.15) is 64.4 Å². The van der Waals surface area contributed by atoms with Gasteiger partial charge in [0.15, 0.2) is 0 Å². The molecule has 41 heavy (non-hydrogen) atoms. The van der Waals surface area contributed by atoms with Gasteiger partial charge in [-0.2, -0.15) is 8.42 Å². The fourth-order valence-electron chi connectivity index (χ4n) is 4.64. The van der Waals surface area contributed by atoms with E-state index in [0.717, 1.165) is 36.4 Å². The van der Waals surface area contributed by atoms with E-state index in [9.17, 15) is 18.0 Å². The van der Waals surface area contributed by atoms with E-state index in [1.807, 2.05) is 13.1 Å². The summed E-state index contributed by atoms with van der Waals surface area (Å²) in [4.78, 5) is 26.1. The van der Waals surface area contributed by atoms with Crippen LogP contribution in [0.15, 0.2) is 22.0 Å². The van der Waals surface area contributed by atoms with Crippen LogP contribution in [0.2, 0.25) is 0 Å². The highest BCUT2D eigenvalue weighted by Crippen LogP contribution is 2.32. The Labute approximate surface area is 240 Å². The highest BCUT2D eigenvalue weighted by Gasteiger charge is 2.39. The third-order valence-corrected chi connectivity index (χ3v) is 8.52. The predicted octanol–water partition coefficient (Wildman–Crippen LogP) is 0.477. The zero-order chi connectivity index (χ0) is 31.0. The molecule has 0 aliphatic carbocycles. The summed E-state index contributed by atoms with van der Waals surface area (Å²) in [5.74, 6) is -0.170. The summed E-state index contributed by atoms with van der Waals surface area (Å²) in [6, 6.07) is 0. The minimum absolute atomic E-state index is 0.170. The van der Waals surface area contributed by atoms with Gasteiger partial charge in [0.05, 0.1) is 47.8 Å². The zero-order valence-corrected chi connectivity index (χ0v) is 26.1. The molecule has 1 N–H and O–H groups in total. The van der Waals surface area contributed by atoms with Crippen LogP contribution in [0.25, 0.3) is 0 Å². The van der Waals surface area contributed by atoms with E-state index in [1.165, 1.54) is 10.8 Å². The molecular weight excluding hydrogens is 580 g/mol. The van der Waals surface area contributed by atoms with Gasteiger partial charge in [0.1, 0.15) is 24.6 Å². The first-order chi connectivity index (χ1) is 19.0. The van der Waals surface area contributed by atoms with Crippen molar-refractivity contribution in [1.82, 2.24) is 24.5 Å². The Morgan fingerprint density at radius 3 is 2.29 bits per heavy atom. The van der Waals surface area contributed by atoms with Gasteiger partial charge >= 0.3 is 5.69 Å². The number of H-pyrrole nitrogens is 1. The average molecular weight is 623 g/mol. The number of quaternary nitrogens is 1. The second-order valence-corrected chi connectivity index (χ2v) is 13.3. The Hall–Kier alpha value is -2.44. The lowest BCUT2D eigenvalue weighted by Gasteiger charge is -2.34. The molecule has 234 valence electrons. The van der Waals surface area contributed by atoms with Crippen LogP contribution in [0.3, 0.4) is 0 Å². The van der Waals surface area contributed by atoms with Crippen LogP contribution in [0, 0.1) is 6.92 Å². The third-order valence-electron chi connectivity index (χ3n) is 7.19. The number of ether oxygens (including phenoxy) is 1. The molecule has 15 nitrogen and oxygen atoms in total. The molecule has 1 fully saturated rings. The van der Waals surface area contributed by atoms with Gasteiger partial charge in [-0.05, 0) is 40.5 Å². The maximum atomic E-state index is 12.7. The van der Waals surface area contributed by atoms with Crippen molar-refractivity contribution in [1.29, 1.82) is 0 Å². The number of aryl methyl sites for hydroxylation is 2. The maximum Gasteiger partial charge on any atom is 0.330 e. The summed E-state index contributed by atoms with van der Waals surface area (Å²) >= 11 is 0. The molecule has 0 bridgehead atoms. The first-order valence-electron chi connectivity index (χ1n) is 13.6. The largest absolute Gasteiger partial charge is 0.748 e. The summed E-state index contributed by atoms with van der Waals surface area (Å²) in [7, 11) is -7.75. The molecule has 2 aromatic rings. The molecule has 17 heteroatoms. The minimum atomic E-state index is -3.92. The third kappa shape index (κ3) is 10.7. The van der Waals surface area contributed by atoms with Crippen LogP contribution < -0.4 is 11.2 Å². The van der Waals surface area contributed by atoms with Crippen molar-refractivity contribution in [2.45, 2.75) is 85.4 Å². The number of nitrogens with one attached hydrogen (secondary N) is 1. The van der Waals surface area contributed by atoms with Crippen LogP contribution in [0.5, 0.6) is 0 Å². The minimum Gasteiger partial charge on any atom is -0.748 e. The van der Waals surface area contributed by atoms with E-state index in [4.69, 9.17) is 21.9 Å². The van der Waals surface area contributed by atoms with E-state index in [1.54, 1.807) is 11.6 Å². The van der Waals surface area contributed by atoms with E-state index in [2.05, 4.69) is 36.1 Å². The van der Waals surface area contributed by atoms with Gasteiger partial charge in [-0.25, -0.2) is 13.2 Å². The van der Waals surface area contributed by atoms with Crippen LogP contribution in [-0.2, 0) is 42.2 Å².